The fraction of sp³-hybridized carbons (Fsp3) is 0.426. The van der Waals surface area contributed by atoms with Crippen molar-refractivity contribution in [3.05, 3.63) is 81.9 Å². The summed E-state index contributed by atoms with van der Waals surface area (Å²) < 4.78 is 5.53. The van der Waals surface area contributed by atoms with E-state index in [2.05, 4.69) is 57.2 Å². The van der Waals surface area contributed by atoms with Crippen molar-refractivity contribution in [2.24, 2.45) is 0 Å². The van der Waals surface area contributed by atoms with Crippen LogP contribution in [0.25, 0.3) is 11.2 Å². The van der Waals surface area contributed by atoms with E-state index >= 15 is 0 Å². The van der Waals surface area contributed by atoms with Gasteiger partial charge in [0.05, 0.1) is 51.2 Å². The van der Waals surface area contributed by atoms with E-state index < -0.39 is 77.7 Å². The molecule has 0 fully saturated rings. The van der Waals surface area contributed by atoms with Crippen molar-refractivity contribution in [1.29, 1.82) is 0 Å². The number of nitrogens with one attached hydrogen (secondary N) is 8. The highest BCUT2D eigenvalue weighted by Crippen LogP contribution is 2.15. The lowest BCUT2D eigenvalue weighted by Crippen LogP contribution is -2.48. The van der Waals surface area contributed by atoms with Gasteiger partial charge < -0.3 is 73.2 Å². The Kier molecular flexibility index (Phi) is 25.0. The lowest BCUT2D eigenvalue weighted by atomic mass is 10.1. The van der Waals surface area contributed by atoms with Crippen molar-refractivity contribution in [3.8, 4) is 5.75 Å². The van der Waals surface area contributed by atoms with Gasteiger partial charge in [-0.05, 0) is 61.2 Å². The number of nitrogen functional groups attached to an aromatic ring is 1. The average molecular weight is 1080 g/mol. The monoisotopic (exact) mass is 1080 g/mol. The van der Waals surface area contributed by atoms with E-state index in [-0.39, 0.29) is 126 Å². The summed E-state index contributed by atoms with van der Waals surface area (Å²) in [5.74, 6) is -8.13. The van der Waals surface area contributed by atoms with Gasteiger partial charge >= 0.3 is 29.8 Å². The number of amides is 4. The van der Waals surface area contributed by atoms with E-state index in [1.807, 2.05) is 0 Å². The number of nitrogens with zero attached hydrogens (tertiary/aromatic N) is 5. The third kappa shape index (κ3) is 23.5. The zero-order valence-corrected chi connectivity index (χ0v) is 41.6. The van der Waals surface area contributed by atoms with Crippen molar-refractivity contribution in [3.63, 3.8) is 0 Å². The fourth-order valence-corrected chi connectivity index (χ4v) is 7.11. The number of unbranched alkanes of at least 4 members (excludes halogenated alkanes) is 1. The Morgan fingerprint density at radius 1 is 0.662 bits per heavy atom. The second kappa shape index (κ2) is 31.8. The van der Waals surface area contributed by atoms with E-state index in [9.17, 15) is 68.4 Å². The van der Waals surface area contributed by atoms with Gasteiger partial charge in [-0.3, -0.25) is 53.1 Å². The number of nitrogens with two attached hydrogens (primary N) is 1. The summed E-state index contributed by atoms with van der Waals surface area (Å²) in [7, 11) is 0. The maximum atomic E-state index is 12.9. The SMILES string of the molecule is Nc1nc2ncc(CNc3ccc(C(=O)N[C@@H](CCCCNC(=O)COc4ccc(C[C@H](NC(=O)CNC(=O)CNCCN(CCN(CCNCC(=O)O)CC(=O)O)CC(=O)O)C(=O)O)cc4)C(=O)O)cc3)nc2c(=O)[nH]1. The molecule has 2 aromatic carbocycles. The molecule has 0 radical (unpaired) electrons. The molecule has 4 amide bonds. The van der Waals surface area contributed by atoms with Crippen LogP contribution >= 0.6 is 0 Å². The van der Waals surface area contributed by atoms with Gasteiger partial charge in [-0.15, -0.1) is 0 Å². The van der Waals surface area contributed by atoms with Gasteiger partial charge in [-0.25, -0.2) is 19.6 Å². The van der Waals surface area contributed by atoms with Gasteiger partial charge in [-0.2, -0.15) is 4.98 Å². The Hall–Kier alpha value is -8.87. The Morgan fingerprint density at radius 2 is 1.30 bits per heavy atom. The first kappa shape index (κ1) is 60.7. The Morgan fingerprint density at radius 3 is 1.91 bits per heavy atom. The van der Waals surface area contributed by atoms with E-state index in [0.717, 1.165) is 0 Å². The fourth-order valence-electron chi connectivity index (χ4n) is 7.11. The molecule has 2 heterocycles. The number of hydrogen-bond donors (Lipinski definition) is 14. The maximum absolute atomic E-state index is 12.9. The predicted octanol–water partition coefficient (Wildman–Crippen LogP) is -3.28. The topological polar surface area (TPSA) is 452 Å². The molecule has 0 bridgehead atoms. The standard InChI is InChI=1S/C47H62N14O16/c48-47-58-42-41(44(72)59-47)55-31(21-54-42)20-52-30-8-6-29(7-9-30)43(71)57-33(45(73)74)3-1-2-12-51-37(64)27-77-32-10-4-28(5-11-32)19-34(46(75)76)56-36(63)23-53-35(62)22-49-13-15-60(25-39(67)68)17-18-61(26-40(69)70)16-14-50-24-38(65)66/h4-11,21,33-34,49-50,52H,1-3,12-20,22-27H2,(H,51,64)(H,53,62)(H,56,63)(H,57,71)(H,65,66)(H,67,68)(H,69,70)(H,73,74)(H,75,76)(H3,48,54,58,59,72)/t33-,34-/m0/s1. The van der Waals surface area contributed by atoms with Crippen LogP contribution < -0.4 is 53.2 Å². The van der Waals surface area contributed by atoms with E-state index in [4.69, 9.17) is 15.6 Å². The molecule has 2 aromatic heterocycles. The van der Waals surface area contributed by atoms with Gasteiger partial charge in [0.1, 0.15) is 17.8 Å². The first-order valence-electron chi connectivity index (χ1n) is 23.9. The summed E-state index contributed by atoms with van der Waals surface area (Å²) in [4.78, 5) is 137. The molecule has 0 saturated heterocycles. The smallest absolute Gasteiger partial charge is 0.326 e. The number of aromatic nitrogens is 4. The molecule has 4 rings (SSSR count). The molecule has 0 aliphatic heterocycles. The number of benzene rings is 2. The number of carbonyl (C=O) groups excluding carboxylic acids is 4. The largest absolute Gasteiger partial charge is 0.484 e. The minimum Gasteiger partial charge on any atom is -0.484 e. The number of hydrogen-bond acceptors (Lipinski definition) is 20. The molecule has 0 aliphatic carbocycles. The number of aromatic amines is 1. The van der Waals surface area contributed by atoms with Gasteiger partial charge in [0, 0.05) is 63.5 Å². The van der Waals surface area contributed by atoms with Crippen molar-refractivity contribution in [1.82, 2.24) is 61.6 Å². The van der Waals surface area contributed by atoms with Crippen molar-refractivity contribution >= 4 is 76.3 Å². The molecule has 416 valence electrons. The molecular weight excluding hydrogens is 1020 g/mol. The Balaban J connectivity index is 1.08. The lowest BCUT2D eigenvalue weighted by Gasteiger charge is -2.26. The molecule has 15 N–H and O–H groups in total. The summed E-state index contributed by atoms with van der Waals surface area (Å²) in [5, 5.41) is 65.3. The molecule has 30 heteroatoms. The second-order valence-electron chi connectivity index (χ2n) is 17.1. The van der Waals surface area contributed by atoms with Gasteiger partial charge in [0.15, 0.2) is 17.8 Å². The number of H-pyrrole nitrogens is 1. The van der Waals surface area contributed by atoms with Crippen LogP contribution in [0.2, 0.25) is 0 Å². The van der Waals surface area contributed by atoms with Crippen LogP contribution in [0.15, 0.2) is 59.5 Å². The van der Waals surface area contributed by atoms with Crippen molar-refractivity contribution in [2.45, 2.75) is 44.3 Å². The first-order chi connectivity index (χ1) is 36.7. The highest BCUT2D eigenvalue weighted by Gasteiger charge is 2.23. The average Bonchev–Trinajstić information content (AvgIpc) is 3.38. The molecule has 0 spiro atoms. The van der Waals surface area contributed by atoms with Crippen LogP contribution in [0.3, 0.4) is 0 Å². The molecule has 30 nitrogen and oxygen atoms in total. The van der Waals surface area contributed by atoms with Crippen molar-refractivity contribution < 1.29 is 73.4 Å². The summed E-state index contributed by atoms with van der Waals surface area (Å²) in [5.41, 5.74) is 6.92. The summed E-state index contributed by atoms with van der Waals surface area (Å²) in [6.45, 7) is -0.803. The number of aliphatic carboxylic acids is 5. The molecular formula is C47H62N14O16. The van der Waals surface area contributed by atoms with Crippen LogP contribution in [0, 0.1) is 0 Å². The quantitative estimate of drug-likeness (QED) is 0.0197. The number of rotatable bonds is 37. The van der Waals surface area contributed by atoms with Crippen LogP contribution in [0.4, 0.5) is 11.6 Å². The molecule has 0 unspecified atom stereocenters. The van der Waals surface area contributed by atoms with E-state index in [1.54, 1.807) is 24.3 Å². The van der Waals surface area contributed by atoms with Gasteiger partial charge in [0.2, 0.25) is 17.8 Å². The lowest BCUT2D eigenvalue weighted by molar-refractivity contribution is -0.142. The minimum absolute atomic E-state index is 0.0295. The summed E-state index contributed by atoms with van der Waals surface area (Å²) in [6.07, 6.45) is 2.13. The van der Waals surface area contributed by atoms with E-state index in [1.165, 1.54) is 40.3 Å². The van der Waals surface area contributed by atoms with Crippen LogP contribution in [-0.2, 0) is 51.3 Å². The highest BCUT2D eigenvalue weighted by atomic mass is 16.5. The molecule has 77 heavy (non-hydrogen) atoms. The normalized spacial score (nSPS) is 11.8. The number of ether oxygens (including phenoxy) is 1. The number of anilines is 2. The molecule has 2 atom stereocenters. The zero-order valence-electron chi connectivity index (χ0n) is 41.6. The van der Waals surface area contributed by atoms with Crippen LogP contribution in [0.5, 0.6) is 5.75 Å². The molecule has 0 saturated carbocycles. The second-order valence-corrected chi connectivity index (χ2v) is 17.1. The highest BCUT2D eigenvalue weighted by molar-refractivity contribution is 5.97. The number of carboxylic acids is 5. The zero-order chi connectivity index (χ0) is 56.3. The maximum Gasteiger partial charge on any atom is 0.326 e. The van der Waals surface area contributed by atoms with Crippen LogP contribution in [-0.4, -0.2) is 206 Å². The third-order valence-corrected chi connectivity index (χ3v) is 11.0. The minimum atomic E-state index is -1.37. The Bertz CT molecular complexity index is 2730. The number of carboxylic acid groups (broad SMARTS) is 5. The van der Waals surface area contributed by atoms with Gasteiger partial charge in [0.25, 0.3) is 17.4 Å². The summed E-state index contributed by atoms with van der Waals surface area (Å²) >= 11 is 0. The Labute approximate surface area is 438 Å². The number of fused-ring (bicyclic) bond motifs is 1. The predicted molar refractivity (Wildman–Crippen MR) is 272 cm³/mol. The van der Waals surface area contributed by atoms with Crippen molar-refractivity contribution in [2.75, 3.05) is 96.2 Å². The molecule has 4 aromatic rings. The van der Waals surface area contributed by atoms with Crippen LogP contribution in [0.1, 0.15) is 40.9 Å². The van der Waals surface area contributed by atoms with E-state index in [0.29, 0.717) is 29.8 Å². The summed E-state index contributed by atoms with van der Waals surface area (Å²) in [6, 6.07) is 9.80. The van der Waals surface area contributed by atoms with Gasteiger partial charge in [-0.1, -0.05) is 12.1 Å². The third-order valence-electron chi connectivity index (χ3n) is 11.0. The first-order valence-corrected chi connectivity index (χ1v) is 23.9. The molecule has 0 aliphatic rings. The number of carbonyl (C=O) groups is 9.